The fourth-order valence-corrected chi connectivity index (χ4v) is 3.02. The molecule has 0 bridgehead atoms. The molecule has 5 heteroatoms. The monoisotopic (exact) mass is 292 g/mol. The van der Waals surface area contributed by atoms with Gasteiger partial charge in [0, 0.05) is 13.6 Å². The minimum absolute atomic E-state index is 0.0649. The van der Waals surface area contributed by atoms with E-state index >= 15 is 0 Å². The van der Waals surface area contributed by atoms with E-state index in [1.54, 1.807) is 16.2 Å². The first kappa shape index (κ1) is 15.0. The van der Waals surface area contributed by atoms with Gasteiger partial charge in [0.15, 0.2) is 0 Å². The third kappa shape index (κ3) is 3.83. The number of hydrogen-bond acceptors (Lipinski definition) is 4. The van der Waals surface area contributed by atoms with Gasteiger partial charge in [-0.3, -0.25) is 4.79 Å². The highest BCUT2D eigenvalue weighted by Crippen LogP contribution is 2.22. The Morgan fingerprint density at radius 1 is 1.60 bits per heavy atom. The van der Waals surface area contributed by atoms with Crippen LogP contribution in [0.3, 0.4) is 0 Å². The summed E-state index contributed by atoms with van der Waals surface area (Å²) in [4.78, 5) is 14.9. The molecule has 1 aromatic heterocycles. The zero-order valence-electron chi connectivity index (χ0n) is 11.9. The van der Waals surface area contributed by atoms with Crippen LogP contribution in [0.25, 0.3) is 0 Å². The molecule has 1 amide bonds. The van der Waals surface area contributed by atoms with Crippen LogP contribution in [0.2, 0.25) is 0 Å². The molecule has 20 heavy (non-hydrogen) atoms. The number of nitrogens with two attached hydrogens (primary N) is 1. The first-order valence-electron chi connectivity index (χ1n) is 6.77. The van der Waals surface area contributed by atoms with E-state index < -0.39 is 0 Å². The zero-order chi connectivity index (χ0) is 14.5. The summed E-state index contributed by atoms with van der Waals surface area (Å²) in [5.74, 6) is 5.90. The first-order valence-corrected chi connectivity index (χ1v) is 7.65. The van der Waals surface area contributed by atoms with Gasteiger partial charge >= 0.3 is 0 Å². The van der Waals surface area contributed by atoms with Crippen molar-refractivity contribution in [3.05, 3.63) is 21.9 Å². The number of likely N-dealkylation sites (N-methyl/N-ethyl adjacent to an activating group) is 1. The predicted molar refractivity (Wildman–Crippen MR) is 80.3 cm³/mol. The molecule has 2 unspecified atom stereocenters. The Labute approximate surface area is 123 Å². The summed E-state index contributed by atoms with van der Waals surface area (Å²) in [5, 5.41) is 2.03. The molecule has 2 N–H and O–H groups in total. The smallest absolute Gasteiger partial charge is 0.251 e. The van der Waals surface area contributed by atoms with E-state index in [1.165, 1.54) is 0 Å². The summed E-state index contributed by atoms with van der Waals surface area (Å²) in [6.07, 6.45) is 1.70. The molecule has 0 aromatic carbocycles. The van der Waals surface area contributed by atoms with Gasteiger partial charge in [0.1, 0.15) is 6.10 Å². The molecule has 108 valence electrons. The number of carbonyl (C=O) groups is 1. The van der Waals surface area contributed by atoms with Crippen molar-refractivity contribution in [3.8, 4) is 11.8 Å². The predicted octanol–water partition coefficient (Wildman–Crippen LogP) is 1.58. The van der Waals surface area contributed by atoms with Crippen LogP contribution in [0.5, 0.6) is 0 Å². The second kappa shape index (κ2) is 6.89. The number of thiophene rings is 1. The number of nitrogens with zero attached hydrogens (tertiary/aromatic N) is 1. The number of carbonyl (C=O) groups excluding carboxylic acids is 1. The van der Waals surface area contributed by atoms with Crippen LogP contribution in [0.1, 0.15) is 30.2 Å². The lowest BCUT2D eigenvalue weighted by Gasteiger charge is -2.20. The van der Waals surface area contributed by atoms with Crippen molar-refractivity contribution in [1.82, 2.24) is 4.90 Å². The largest absolute Gasteiger partial charge is 0.365 e. The molecule has 2 atom stereocenters. The van der Waals surface area contributed by atoms with Gasteiger partial charge in [-0.25, -0.2) is 0 Å². The number of rotatable bonds is 3. The van der Waals surface area contributed by atoms with Gasteiger partial charge in [-0.2, -0.15) is 0 Å². The van der Waals surface area contributed by atoms with Gasteiger partial charge in [0.25, 0.3) is 5.91 Å². The van der Waals surface area contributed by atoms with E-state index in [0.29, 0.717) is 13.1 Å². The fraction of sp³-hybridized carbons (Fsp3) is 0.533. The Hall–Kier alpha value is -1.35. The summed E-state index contributed by atoms with van der Waals surface area (Å²) in [6, 6.07) is 2.01. The molecule has 0 radical (unpaired) electrons. The zero-order valence-corrected chi connectivity index (χ0v) is 12.7. The van der Waals surface area contributed by atoms with E-state index in [-0.39, 0.29) is 18.1 Å². The Bertz CT molecular complexity index is 529. The minimum Gasteiger partial charge on any atom is -0.365 e. The quantitative estimate of drug-likeness (QED) is 0.861. The van der Waals surface area contributed by atoms with Crippen molar-refractivity contribution in [1.29, 1.82) is 0 Å². The molecule has 1 saturated heterocycles. The highest BCUT2D eigenvalue weighted by molar-refractivity contribution is 7.10. The molecule has 1 aromatic rings. The van der Waals surface area contributed by atoms with E-state index in [4.69, 9.17) is 10.5 Å². The van der Waals surface area contributed by atoms with Gasteiger partial charge in [-0.1, -0.05) is 11.8 Å². The van der Waals surface area contributed by atoms with Crippen LogP contribution in [-0.2, 0) is 16.1 Å². The Kier molecular flexibility index (Phi) is 5.18. The van der Waals surface area contributed by atoms with E-state index in [0.717, 1.165) is 23.3 Å². The molecular formula is C15H20N2O2S. The fourth-order valence-electron chi connectivity index (χ4n) is 2.24. The van der Waals surface area contributed by atoms with Crippen molar-refractivity contribution in [2.24, 2.45) is 5.73 Å². The van der Waals surface area contributed by atoms with E-state index in [9.17, 15) is 4.79 Å². The van der Waals surface area contributed by atoms with Gasteiger partial charge in [0.2, 0.25) is 0 Å². The normalized spacial score (nSPS) is 21.4. The summed E-state index contributed by atoms with van der Waals surface area (Å²) in [7, 11) is 1.82. The molecule has 2 heterocycles. The summed E-state index contributed by atoms with van der Waals surface area (Å²) in [5.41, 5.74) is 6.44. The first-order chi connectivity index (χ1) is 9.60. The number of hydrogen-bond donors (Lipinski definition) is 1. The summed E-state index contributed by atoms with van der Waals surface area (Å²) < 4.78 is 5.62. The summed E-state index contributed by atoms with van der Waals surface area (Å²) in [6.45, 7) is 2.96. The van der Waals surface area contributed by atoms with Crippen molar-refractivity contribution in [2.75, 3.05) is 13.6 Å². The van der Waals surface area contributed by atoms with E-state index in [2.05, 4.69) is 11.8 Å². The number of amides is 1. The van der Waals surface area contributed by atoms with Crippen molar-refractivity contribution in [2.45, 2.75) is 38.5 Å². The Morgan fingerprint density at radius 3 is 3.05 bits per heavy atom. The lowest BCUT2D eigenvalue weighted by Crippen LogP contribution is -2.35. The van der Waals surface area contributed by atoms with Gasteiger partial charge in [-0.05, 0) is 36.8 Å². The van der Waals surface area contributed by atoms with Gasteiger partial charge < -0.3 is 15.4 Å². The maximum Gasteiger partial charge on any atom is 0.251 e. The molecule has 1 aliphatic heterocycles. The molecule has 0 saturated carbocycles. The topological polar surface area (TPSA) is 55.6 Å². The van der Waals surface area contributed by atoms with Crippen molar-refractivity contribution >= 4 is 17.2 Å². The van der Waals surface area contributed by atoms with Crippen molar-refractivity contribution < 1.29 is 9.53 Å². The standard InChI is InChI=1S/C15H20N2O2S/c1-11-5-6-14(19-11)15(18)17(2)9-12-8-13(20-10-12)4-3-7-16/h8,10-11,14H,5-7,9,16H2,1-2H3. The van der Waals surface area contributed by atoms with Crippen LogP contribution >= 0.6 is 11.3 Å². The average Bonchev–Trinajstić information content (AvgIpc) is 3.04. The molecular weight excluding hydrogens is 272 g/mol. The maximum absolute atomic E-state index is 12.2. The van der Waals surface area contributed by atoms with Crippen molar-refractivity contribution in [3.63, 3.8) is 0 Å². The van der Waals surface area contributed by atoms with E-state index in [1.807, 2.05) is 25.4 Å². The lowest BCUT2D eigenvalue weighted by atomic mass is 10.2. The van der Waals surface area contributed by atoms with Crippen LogP contribution in [0.15, 0.2) is 11.4 Å². The summed E-state index contributed by atoms with van der Waals surface area (Å²) >= 11 is 1.58. The molecule has 0 spiro atoms. The Morgan fingerprint density at radius 2 is 2.40 bits per heavy atom. The lowest BCUT2D eigenvalue weighted by molar-refractivity contribution is -0.141. The van der Waals surface area contributed by atoms with Gasteiger partial charge in [-0.15, -0.1) is 11.3 Å². The molecule has 1 fully saturated rings. The third-order valence-corrected chi connectivity index (χ3v) is 4.17. The van der Waals surface area contributed by atoms with Crippen LogP contribution in [0, 0.1) is 11.8 Å². The number of ether oxygens (including phenoxy) is 1. The van der Waals surface area contributed by atoms with Crippen LogP contribution < -0.4 is 5.73 Å². The third-order valence-electron chi connectivity index (χ3n) is 3.27. The second-order valence-electron chi connectivity index (χ2n) is 5.03. The molecule has 1 aliphatic rings. The highest BCUT2D eigenvalue weighted by Gasteiger charge is 2.30. The van der Waals surface area contributed by atoms with Crippen LogP contribution in [-0.4, -0.2) is 36.6 Å². The maximum atomic E-state index is 12.2. The van der Waals surface area contributed by atoms with Crippen LogP contribution in [0.4, 0.5) is 0 Å². The minimum atomic E-state index is -0.273. The molecule has 4 nitrogen and oxygen atoms in total. The average molecular weight is 292 g/mol. The highest BCUT2D eigenvalue weighted by atomic mass is 32.1. The second-order valence-corrected chi connectivity index (χ2v) is 5.94. The molecule has 2 rings (SSSR count). The Balaban J connectivity index is 1.92. The SMILES string of the molecule is CC1CCC(C(=O)N(C)Cc2csc(C#CCN)c2)O1. The molecule has 0 aliphatic carbocycles. The van der Waals surface area contributed by atoms with Gasteiger partial charge in [0.05, 0.1) is 17.5 Å².